The molecule has 0 amide bonds. The number of nitrogens with zero attached hydrogens (tertiary/aromatic N) is 1. The van der Waals surface area contributed by atoms with Crippen LogP contribution in [0.2, 0.25) is 0 Å². The molecule has 0 aliphatic carbocycles. The number of hydrogen-bond donors (Lipinski definition) is 1. The van der Waals surface area contributed by atoms with Gasteiger partial charge in [0.1, 0.15) is 0 Å². The van der Waals surface area contributed by atoms with Gasteiger partial charge in [-0.1, -0.05) is 36.4 Å². The molecule has 128 valence electrons. The summed E-state index contributed by atoms with van der Waals surface area (Å²) in [6.45, 7) is 8.19. The molecule has 0 fully saturated rings. The second-order valence-corrected chi connectivity index (χ2v) is 6.46. The molecule has 2 rings (SSSR count). The quantitative estimate of drug-likeness (QED) is 0.643. The monoisotopic (exact) mass is 322 g/mol. The van der Waals surface area contributed by atoms with E-state index in [1.54, 1.807) is 0 Å². The molecule has 0 radical (unpaired) electrons. The highest BCUT2D eigenvalue weighted by molar-refractivity contribution is 5.71. The van der Waals surface area contributed by atoms with Crippen LogP contribution in [0.25, 0.3) is 11.1 Å². The maximum Gasteiger partial charge on any atom is 0.0343 e. The summed E-state index contributed by atoms with van der Waals surface area (Å²) in [6, 6.07) is 15.6. The number of hydrogen-bond acceptors (Lipinski definition) is 2. The first-order valence-corrected chi connectivity index (χ1v) is 8.81. The first kappa shape index (κ1) is 18.3. The molecular formula is C22H30N2. The van der Waals surface area contributed by atoms with Gasteiger partial charge in [-0.05, 0) is 74.2 Å². The maximum atomic E-state index is 3.78. The van der Waals surface area contributed by atoms with Crippen LogP contribution in [0, 0.1) is 6.92 Å². The molecule has 2 nitrogen and oxygen atoms in total. The number of nitrogens with one attached hydrogen (secondary N) is 1. The van der Waals surface area contributed by atoms with Crippen molar-refractivity contribution >= 4 is 5.69 Å². The molecule has 2 aromatic carbocycles. The summed E-state index contributed by atoms with van der Waals surface area (Å²) in [7, 11) is 4.15. The highest BCUT2D eigenvalue weighted by Crippen LogP contribution is 2.27. The van der Waals surface area contributed by atoms with Crippen molar-refractivity contribution in [1.29, 1.82) is 0 Å². The van der Waals surface area contributed by atoms with E-state index >= 15 is 0 Å². The zero-order chi connectivity index (χ0) is 17.4. The van der Waals surface area contributed by atoms with E-state index in [0.717, 1.165) is 31.6 Å². The van der Waals surface area contributed by atoms with Gasteiger partial charge in [-0.3, -0.25) is 0 Å². The van der Waals surface area contributed by atoms with Crippen molar-refractivity contribution in [3.63, 3.8) is 0 Å². The lowest BCUT2D eigenvalue weighted by Gasteiger charge is -2.15. The topological polar surface area (TPSA) is 15.3 Å². The van der Waals surface area contributed by atoms with Crippen LogP contribution < -0.4 is 5.32 Å². The molecule has 0 aliphatic rings. The molecule has 2 heteroatoms. The number of benzene rings is 2. The molecule has 1 N–H and O–H groups in total. The fraction of sp³-hybridized carbons (Fsp3) is 0.364. The van der Waals surface area contributed by atoms with E-state index in [1.165, 1.54) is 28.7 Å². The Morgan fingerprint density at radius 3 is 2.50 bits per heavy atom. The average molecular weight is 322 g/mol. The number of anilines is 1. The van der Waals surface area contributed by atoms with Crippen LogP contribution in [0.3, 0.4) is 0 Å². The largest absolute Gasteiger partial charge is 0.388 e. The fourth-order valence-corrected chi connectivity index (χ4v) is 2.92. The van der Waals surface area contributed by atoms with E-state index in [1.807, 2.05) is 13.1 Å². The van der Waals surface area contributed by atoms with Gasteiger partial charge in [0.2, 0.25) is 0 Å². The van der Waals surface area contributed by atoms with E-state index < -0.39 is 0 Å². The van der Waals surface area contributed by atoms with Crippen molar-refractivity contribution in [1.82, 2.24) is 4.90 Å². The van der Waals surface area contributed by atoms with Crippen LogP contribution in [0.15, 0.2) is 55.1 Å². The minimum atomic E-state index is 1.07. The summed E-state index contributed by atoms with van der Waals surface area (Å²) in [5, 5.41) is 3.22. The van der Waals surface area contributed by atoms with Gasteiger partial charge in [-0.25, -0.2) is 0 Å². The van der Waals surface area contributed by atoms with Crippen molar-refractivity contribution in [2.75, 3.05) is 32.5 Å². The summed E-state index contributed by atoms with van der Waals surface area (Å²) in [5.41, 5.74) is 6.47. The second kappa shape index (κ2) is 9.29. The average Bonchev–Trinajstić information content (AvgIpc) is 2.61. The molecule has 0 heterocycles. The molecule has 0 spiro atoms. The van der Waals surface area contributed by atoms with Gasteiger partial charge in [0.15, 0.2) is 0 Å². The molecule has 0 bridgehead atoms. The minimum absolute atomic E-state index is 1.07. The third-order valence-electron chi connectivity index (χ3n) is 4.51. The lowest BCUT2D eigenvalue weighted by molar-refractivity contribution is 0.336. The SMILES string of the molecule is C=CCCN(C)CCCc1ccc(-c2cc(NC)ccc2C)cc1. The molecule has 2 aromatic rings. The van der Waals surface area contributed by atoms with Crippen molar-refractivity contribution in [2.45, 2.75) is 26.2 Å². The number of rotatable bonds is 9. The Kier molecular flexibility index (Phi) is 7.07. The third kappa shape index (κ3) is 5.24. The molecule has 0 atom stereocenters. The summed E-state index contributed by atoms with van der Waals surface area (Å²) in [4.78, 5) is 2.38. The standard InChI is InChI=1S/C22H30N2/c1-5-6-15-24(4)16-7-8-19-10-12-20(13-11-19)22-17-21(23-3)14-9-18(22)2/h5,9-14,17,23H,1,6-8,15-16H2,2-4H3. The summed E-state index contributed by atoms with van der Waals surface area (Å²) >= 11 is 0. The van der Waals surface area contributed by atoms with Crippen LogP contribution in [0.5, 0.6) is 0 Å². The lowest BCUT2D eigenvalue weighted by atomic mass is 9.98. The predicted molar refractivity (Wildman–Crippen MR) is 107 cm³/mol. The summed E-state index contributed by atoms with van der Waals surface area (Å²) < 4.78 is 0. The van der Waals surface area contributed by atoms with Crippen molar-refractivity contribution in [3.05, 3.63) is 66.2 Å². The van der Waals surface area contributed by atoms with Crippen LogP contribution in [-0.4, -0.2) is 32.1 Å². The van der Waals surface area contributed by atoms with Crippen LogP contribution in [-0.2, 0) is 6.42 Å². The summed E-state index contributed by atoms with van der Waals surface area (Å²) in [6.07, 6.45) is 5.38. The number of aryl methyl sites for hydroxylation is 2. The van der Waals surface area contributed by atoms with Gasteiger partial charge < -0.3 is 10.2 Å². The zero-order valence-corrected chi connectivity index (χ0v) is 15.3. The highest BCUT2D eigenvalue weighted by atomic mass is 15.1. The Morgan fingerprint density at radius 2 is 1.83 bits per heavy atom. The maximum absolute atomic E-state index is 3.78. The van der Waals surface area contributed by atoms with E-state index in [0.29, 0.717) is 0 Å². The Morgan fingerprint density at radius 1 is 1.08 bits per heavy atom. The van der Waals surface area contributed by atoms with Gasteiger partial charge >= 0.3 is 0 Å². The lowest BCUT2D eigenvalue weighted by Crippen LogP contribution is -2.20. The summed E-state index contributed by atoms with van der Waals surface area (Å²) in [5.74, 6) is 0. The van der Waals surface area contributed by atoms with Crippen LogP contribution >= 0.6 is 0 Å². The smallest absolute Gasteiger partial charge is 0.0343 e. The third-order valence-corrected chi connectivity index (χ3v) is 4.51. The Bertz CT molecular complexity index is 644. The predicted octanol–water partition coefficient (Wildman–Crippen LogP) is 5.14. The van der Waals surface area contributed by atoms with E-state index in [9.17, 15) is 0 Å². The normalized spacial score (nSPS) is 10.8. The fourth-order valence-electron chi connectivity index (χ4n) is 2.92. The Hall–Kier alpha value is -2.06. The molecular weight excluding hydrogens is 292 g/mol. The van der Waals surface area contributed by atoms with Crippen molar-refractivity contribution < 1.29 is 0 Å². The van der Waals surface area contributed by atoms with E-state index in [2.05, 4.69) is 73.2 Å². The van der Waals surface area contributed by atoms with Crippen molar-refractivity contribution in [3.8, 4) is 11.1 Å². The van der Waals surface area contributed by atoms with Crippen molar-refractivity contribution in [2.24, 2.45) is 0 Å². The first-order valence-electron chi connectivity index (χ1n) is 8.81. The van der Waals surface area contributed by atoms with Gasteiger partial charge in [0, 0.05) is 19.3 Å². The zero-order valence-electron chi connectivity index (χ0n) is 15.3. The minimum Gasteiger partial charge on any atom is -0.388 e. The highest BCUT2D eigenvalue weighted by Gasteiger charge is 2.04. The Balaban J connectivity index is 1.95. The Labute approximate surface area is 147 Å². The van der Waals surface area contributed by atoms with Crippen LogP contribution in [0.1, 0.15) is 24.0 Å². The molecule has 0 aliphatic heterocycles. The van der Waals surface area contributed by atoms with E-state index in [-0.39, 0.29) is 0 Å². The molecule has 24 heavy (non-hydrogen) atoms. The van der Waals surface area contributed by atoms with Gasteiger partial charge in [0.25, 0.3) is 0 Å². The first-order chi connectivity index (χ1) is 11.6. The van der Waals surface area contributed by atoms with Gasteiger partial charge in [-0.2, -0.15) is 0 Å². The second-order valence-electron chi connectivity index (χ2n) is 6.46. The van der Waals surface area contributed by atoms with E-state index in [4.69, 9.17) is 0 Å². The van der Waals surface area contributed by atoms with Gasteiger partial charge in [-0.15, -0.1) is 6.58 Å². The molecule has 0 saturated heterocycles. The molecule has 0 aromatic heterocycles. The molecule has 0 saturated carbocycles. The van der Waals surface area contributed by atoms with Crippen LogP contribution in [0.4, 0.5) is 5.69 Å². The van der Waals surface area contributed by atoms with Gasteiger partial charge in [0.05, 0.1) is 0 Å². The molecule has 0 unspecified atom stereocenters.